The highest BCUT2D eigenvalue weighted by atomic mass is 19.3. The highest BCUT2D eigenvalue weighted by Crippen LogP contribution is 2.46. The second-order valence-corrected chi connectivity index (χ2v) is 10.3. The van der Waals surface area contributed by atoms with E-state index in [-0.39, 0.29) is 6.92 Å². The second kappa shape index (κ2) is 10.7. The molecule has 0 N–H and O–H groups in total. The van der Waals surface area contributed by atoms with Crippen molar-refractivity contribution < 1.29 is 17.6 Å². The SMILES string of the molecule is CCCCCC[C@H]1CC[C@H](C2CCC(c3ccc(C(F)(F)C(C)(F)F)cc3)CC2)CC1. The van der Waals surface area contributed by atoms with Crippen LogP contribution in [0, 0.1) is 17.8 Å². The molecule has 2 aliphatic rings. The Kier molecular flexibility index (Phi) is 8.49. The number of halogens is 4. The molecule has 176 valence electrons. The zero-order valence-electron chi connectivity index (χ0n) is 19.3. The maximum absolute atomic E-state index is 13.9. The largest absolute Gasteiger partial charge is 0.335 e. The quantitative estimate of drug-likeness (QED) is 0.265. The first-order chi connectivity index (χ1) is 14.7. The predicted octanol–water partition coefficient (Wildman–Crippen LogP) is 9.48. The van der Waals surface area contributed by atoms with E-state index < -0.39 is 17.4 Å². The van der Waals surface area contributed by atoms with Crippen LogP contribution in [-0.2, 0) is 5.92 Å². The molecule has 0 amide bonds. The summed E-state index contributed by atoms with van der Waals surface area (Å²) in [5, 5.41) is 0. The molecule has 1 aromatic rings. The van der Waals surface area contributed by atoms with E-state index in [0.717, 1.165) is 36.2 Å². The third-order valence-corrected chi connectivity index (χ3v) is 8.09. The van der Waals surface area contributed by atoms with Crippen LogP contribution in [0.5, 0.6) is 0 Å². The molecule has 0 aromatic heterocycles. The van der Waals surface area contributed by atoms with Crippen LogP contribution in [-0.4, -0.2) is 5.92 Å². The van der Waals surface area contributed by atoms with E-state index in [1.807, 2.05) is 0 Å². The summed E-state index contributed by atoms with van der Waals surface area (Å²) in [5.74, 6) is -5.20. The van der Waals surface area contributed by atoms with Crippen molar-refractivity contribution in [1.29, 1.82) is 0 Å². The Morgan fingerprint density at radius 2 is 1.29 bits per heavy atom. The average molecular weight is 441 g/mol. The predicted molar refractivity (Wildman–Crippen MR) is 120 cm³/mol. The minimum Gasteiger partial charge on any atom is -0.200 e. The van der Waals surface area contributed by atoms with E-state index in [2.05, 4.69) is 6.92 Å². The molecule has 2 fully saturated rings. The maximum atomic E-state index is 13.9. The summed E-state index contributed by atoms with van der Waals surface area (Å²) >= 11 is 0. The maximum Gasteiger partial charge on any atom is 0.335 e. The van der Waals surface area contributed by atoms with Crippen molar-refractivity contribution in [1.82, 2.24) is 0 Å². The summed E-state index contributed by atoms with van der Waals surface area (Å²) in [6.45, 7) is 2.54. The normalized spacial score (nSPS) is 27.9. The lowest BCUT2D eigenvalue weighted by molar-refractivity contribution is -0.204. The minimum atomic E-state index is -4.13. The van der Waals surface area contributed by atoms with Crippen LogP contribution >= 0.6 is 0 Å². The van der Waals surface area contributed by atoms with Crippen LogP contribution in [0.3, 0.4) is 0 Å². The third-order valence-electron chi connectivity index (χ3n) is 8.09. The van der Waals surface area contributed by atoms with Crippen molar-refractivity contribution in [3.05, 3.63) is 35.4 Å². The van der Waals surface area contributed by atoms with Gasteiger partial charge in [-0.1, -0.05) is 76.1 Å². The molecule has 0 bridgehead atoms. The summed E-state index contributed by atoms with van der Waals surface area (Å²) in [4.78, 5) is 0. The second-order valence-electron chi connectivity index (χ2n) is 10.3. The van der Waals surface area contributed by atoms with E-state index in [0.29, 0.717) is 5.92 Å². The van der Waals surface area contributed by atoms with E-state index >= 15 is 0 Å². The molecule has 3 rings (SSSR count). The van der Waals surface area contributed by atoms with Crippen LogP contribution in [0.1, 0.15) is 114 Å². The average Bonchev–Trinajstić information content (AvgIpc) is 2.77. The van der Waals surface area contributed by atoms with E-state index in [4.69, 9.17) is 0 Å². The molecular formula is C27H40F4. The first-order valence-electron chi connectivity index (χ1n) is 12.6. The molecule has 0 nitrogen and oxygen atoms in total. The van der Waals surface area contributed by atoms with Gasteiger partial charge >= 0.3 is 11.8 Å². The topological polar surface area (TPSA) is 0 Å². The number of hydrogen-bond acceptors (Lipinski definition) is 0. The van der Waals surface area contributed by atoms with Gasteiger partial charge in [-0.25, -0.2) is 0 Å². The van der Waals surface area contributed by atoms with Crippen molar-refractivity contribution in [3.8, 4) is 0 Å². The van der Waals surface area contributed by atoms with Crippen molar-refractivity contribution in [2.24, 2.45) is 17.8 Å². The lowest BCUT2D eigenvalue weighted by atomic mass is 9.68. The van der Waals surface area contributed by atoms with Crippen molar-refractivity contribution in [2.75, 3.05) is 0 Å². The molecule has 0 saturated heterocycles. The third kappa shape index (κ3) is 6.26. The van der Waals surface area contributed by atoms with Gasteiger partial charge in [-0.05, 0) is 67.8 Å². The summed E-state index contributed by atoms with van der Waals surface area (Å²) < 4.78 is 54.2. The number of hydrogen-bond donors (Lipinski definition) is 0. The Labute approximate surface area is 186 Å². The molecule has 0 aliphatic heterocycles. The first kappa shape index (κ1) is 24.6. The Morgan fingerprint density at radius 3 is 1.81 bits per heavy atom. The van der Waals surface area contributed by atoms with E-state index in [1.54, 1.807) is 12.1 Å². The Hall–Kier alpha value is -1.06. The fourth-order valence-electron chi connectivity index (χ4n) is 5.95. The van der Waals surface area contributed by atoms with E-state index in [1.165, 1.54) is 82.8 Å². The molecule has 4 heteroatoms. The van der Waals surface area contributed by atoms with Gasteiger partial charge in [0.15, 0.2) is 0 Å². The van der Waals surface area contributed by atoms with Crippen LogP contribution in [0.15, 0.2) is 24.3 Å². The first-order valence-corrected chi connectivity index (χ1v) is 12.6. The summed E-state index contributed by atoms with van der Waals surface area (Å²) in [6.07, 6.45) is 17.0. The number of unbranched alkanes of at least 4 members (excludes halogenated alkanes) is 3. The van der Waals surface area contributed by atoms with E-state index in [9.17, 15) is 17.6 Å². The zero-order valence-corrected chi connectivity index (χ0v) is 19.3. The van der Waals surface area contributed by atoms with Gasteiger partial charge in [0.25, 0.3) is 0 Å². The van der Waals surface area contributed by atoms with Gasteiger partial charge in [0.1, 0.15) is 0 Å². The Balaban J connectivity index is 1.44. The molecule has 1 aromatic carbocycles. The lowest BCUT2D eigenvalue weighted by Gasteiger charge is -2.38. The van der Waals surface area contributed by atoms with Gasteiger partial charge in [-0.2, -0.15) is 17.6 Å². The molecule has 2 aliphatic carbocycles. The van der Waals surface area contributed by atoms with Crippen LogP contribution in [0.2, 0.25) is 0 Å². The molecule has 0 radical (unpaired) electrons. The number of rotatable bonds is 9. The van der Waals surface area contributed by atoms with Gasteiger partial charge in [-0.15, -0.1) is 0 Å². The zero-order chi connectivity index (χ0) is 22.5. The number of benzene rings is 1. The highest BCUT2D eigenvalue weighted by Gasteiger charge is 2.53. The highest BCUT2D eigenvalue weighted by molar-refractivity contribution is 5.29. The van der Waals surface area contributed by atoms with Gasteiger partial charge in [0.2, 0.25) is 0 Å². The fourth-order valence-corrected chi connectivity index (χ4v) is 5.95. The van der Waals surface area contributed by atoms with Gasteiger partial charge in [0.05, 0.1) is 0 Å². The molecule has 2 saturated carbocycles. The molecule has 0 unspecified atom stereocenters. The van der Waals surface area contributed by atoms with Crippen molar-refractivity contribution in [2.45, 2.75) is 115 Å². The molecule has 0 heterocycles. The molecule has 0 atom stereocenters. The molecule has 31 heavy (non-hydrogen) atoms. The standard InChI is InChI=1S/C27H40F4/c1-3-4-5-6-7-20-8-10-21(11-9-20)22-12-14-23(15-13-22)24-16-18-25(19-17-24)27(30,31)26(2,28)29/h16-23H,3-15H2,1-2H3/t20-,21-,22?,23?. The summed E-state index contributed by atoms with van der Waals surface area (Å²) in [7, 11) is 0. The Morgan fingerprint density at radius 1 is 0.742 bits per heavy atom. The Bertz CT molecular complexity index is 645. The van der Waals surface area contributed by atoms with Crippen molar-refractivity contribution >= 4 is 0 Å². The van der Waals surface area contributed by atoms with Crippen molar-refractivity contribution in [3.63, 3.8) is 0 Å². The smallest absolute Gasteiger partial charge is 0.200 e. The van der Waals surface area contributed by atoms with Gasteiger partial charge in [0, 0.05) is 12.5 Å². The van der Waals surface area contributed by atoms with Crippen LogP contribution < -0.4 is 0 Å². The van der Waals surface area contributed by atoms with Crippen LogP contribution in [0.4, 0.5) is 17.6 Å². The number of alkyl halides is 4. The monoisotopic (exact) mass is 440 g/mol. The molecule has 0 spiro atoms. The fraction of sp³-hybridized carbons (Fsp3) is 0.778. The summed E-state index contributed by atoms with van der Waals surface area (Å²) in [6, 6.07) is 5.68. The molecular weight excluding hydrogens is 400 g/mol. The van der Waals surface area contributed by atoms with Crippen LogP contribution in [0.25, 0.3) is 0 Å². The minimum absolute atomic E-state index is 0.280. The lowest BCUT2D eigenvalue weighted by Crippen LogP contribution is -2.34. The van der Waals surface area contributed by atoms with Gasteiger partial charge < -0.3 is 0 Å². The van der Waals surface area contributed by atoms with Gasteiger partial charge in [-0.3, -0.25) is 0 Å². The summed E-state index contributed by atoms with van der Waals surface area (Å²) in [5.41, 5.74) is 0.428.